The Kier molecular flexibility index (Phi) is 36.3. The van der Waals surface area contributed by atoms with Gasteiger partial charge in [-0.1, -0.05) is 193 Å². The van der Waals surface area contributed by atoms with Crippen molar-refractivity contribution in [2.75, 3.05) is 13.2 Å². The summed E-state index contributed by atoms with van der Waals surface area (Å²) in [7, 11) is -5.08. The van der Waals surface area contributed by atoms with Crippen LogP contribution >= 0.6 is 0 Å². The Morgan fingerprint density at radius 3 is 1.50 bits per heavy atom. The van der Waals surface area contributed by atoms with Crippen molar-refractivity contribution in [3.63, 3.8) is 0 Å². The molecule has 7 atom stereocenters. The summed E-state index contributed by atoms with van der Waals surface area (Å²) in [5.41, 5.74) is 0. The van der Waals surface area contributed by atoms with Gasteiger partial charge in [0, 0.05) is 6.42 Å². The maximum absolute atomic E-state index is 13.0. The van der Waals surface area contributed by atoms with Gasteiger partial charge < -0.3 is 35.2 Å². The van der Waals surface area contributed by atoms with Crippen LogP contribution in [0.2, 0.25) is 0 Å². The first kappa shape index (κ1) is 56.9. The van der Waals surface area contributed by atoms with Crippen LogP contribution in [-0.2, 0) is 28.9 Å². The molecule has 1 amide bonds. The van der Waals surface area contributed by atoms with E-state index in [-0.39, 0.29) is 18.9 Å². The van der Waals surface area contributed by atoms with Gasteiger partial charge in [-0.05, 0) is 38.5 Å². The molecule has 1 saturated heterocycles. The first-order valence-electron chi connectivity index (χ1n) is 24.6. The van der Waals surface area contributed by atoms with Crippen LogP contribution in [0, 0.1) is 0 Å². The molecule has 356 valence electrons. The molecule has 1 aliphatic heterocycles. The van der Waals surface area contributed by atoms with E-state index in [2.05, 4.69) is 35.5 Å². The molecular formula is C47H91NO11S. The minimum absolute atomic E-state index is 0.244. The number of aliphatic hydroxyl groups excluding tert-OH is 4. The van der Waals surface area contributed by atoms with Gasteiger partial charge in [0.25, 0.3) is 0 Å². The number of ether oxygens (including phenoxy) is 2. The number of hydrogen-bond donors (Lipinski definition) is 6. The van der Waals surface area contributed by atoms with Crippen molar-refractivity contribution < 1.29 is 51.8 Å². The van der Waals surface area contributed by atoms with E-state index in [4.69, 9.17) is 9.47 Å². The van der Waals surface area contributed by atoms with Crippen LogP contribution in [0.4, 0.5) is 0 Å². The van der Waals surface area contributed by atoms with Crippen LogP contribution in [0.1, 0.15) is 226 Å². The van der Waals surface area contributed by atoms with Gasteiger partial charge in [-0.25, -0.2) is 4.18 Å². The zero-order chi connectivity index (χ0) is 44.1. The van der Waals surface area contributed by atoms with Gasteiger partial charge in [0.05, 0.1) is 25.4 Å². The standard InChI is InChI=1S/C47H91NO11S/c1-3-5-7-9-11-13-15-17-18-19-20-21-22-23-25-26-28-30-32-34-36-41(50)40(39-57-47-45(53)46(59-60(54,55)56)44(52)42(38-49)58-47)48-43(51)37-35-33-31-29-27-24-16-14-12-10-8-6-4-2/h24,27,40-42,44-47,49-50,52-53H,3-23,25-26,28-39H2,1-2H3,(H,48,51)(H,54,55,56)/b27-24-. The highest BCUT2D eigenvalue weighted by Crippen LogP contribution is 2.26. The highest BCUT2D eigenvalue weighted by Gasteiger charge is 2.48. The Morgan fingerprint density at radius 1 is 0.650 bits per heavy atom. The largest absolute Gasteiger partial charge is 0.397 e. The van der Waals surface area contributed by atoms with E-state index in [9.17, 15) is 38.2 Å². The lowest BCUT2D eigenvalue weighted by Gasteiger charge is -2.41. The molecule has 13 heteroatoms. The minimum Gasteiger partial charge on any atom is -0.394 e. The molecule has 0 aromatic carbocycles. The van der Waals surface area contributed by atoms with E-state index in [1.807, 2.05) is 0 Å². The Bertz CT molecular complexity index is 1130. The Morgan fingerprint density at radius 2 is 1.07 bits per heavy atom. The third kappa shape index (κ3) is 30.8. The molecule has 1 fully saturated rings. The molecule has 0 aromatic heterocycles. The van der Waals surface area contributed by atoms with Crippen molar-refractivity contribution in [2.45, 2.75) is 269 Å². The highest BCUT2D eigenvalue weighted by atomic mass is 32.3. The quantitative estimate of drug-likeness (QED) is 0.0194. The first-order chi connectivity index (χ1) is 29.0. The molecule has 0 aliphatic carbocycles. The summed E-state index contributed by atoms with van der Waals surface area (Å²) in [4.78, 5) is 13.0. The lowest BCUT2D eigenvalue weighted by molar-refractivity contribution is -0.298. The van der Waals surface area contributed by atoms with E-state index in [0.717, 1.165) is 51.4 Å². The molecule has 1 rings (SSSR count). The van der Waals surface area contributed by atoms with Crippen molar-refractivity contribution >= 4 is 16.3 Å². The maximum atomic E-state index is 13.0. The zero-order valence-corrected chi connectivity index (χ0v) is 38.9. The topological polar surface area (TPSA) is 192 Å². The monoisotopic (exact) mass is 878 g/mol. The molecule has 0 saturated carbocycles. The lowest BCUT2D eigenvalue weighted by Crippen LogP contribution is -2.61. The number of allylic oxidation sites excluding steroid dienone is 2. The number of nitrogens with one attached hydrogen (secondary N) is 1. The van der Waals surface area contributed by atoms with E-state index in [1.54, 1.807) is 0 Å². The Balaban J connectivity index is 2.45. The van der Waals surface area contributed by atoms with Crippen LogP contribution in [0.15, 0.2) is 12.2 Å². The summed E-state index contributed by atoms with van der Waals surface area (Å²) >= 11 is 0. The minimum atomic E-state index is -5.08. The molecule has 60 heavy (non-hydrogen) atoms. The van der Waals surface area contributed by atoms with Gasteiger partial charge in [-0.3, -0.25) is 9.35 Å². The van der Waals surface area contributed by atoms with Crippen molar-refractivity contribution in [3.8, 4) is 0 Å². The summed E-state index contributed by atoms with van der Waals surface area (Å²) in [5.74, 6) is -0.244. The number of carbonyl (C=O) groups excluding carboxylic acids is 1. The maximum Gasteiger partial charge on any atom is 0.397 e. The van der Waals surface area contributed by atoms with Crippen molar-refractivity contribution in [1.82, 2.24) is 5.32 Å². The summed E-state index contributed by atoms with van der Waals surface area (Å²) < 4.78 is 47.7. The second-order valence-corrected chi connectivity index (χ2v) is 18.5. The predicted molar refractivity (Wildman–Crippen MR) is 241 cm³/mol. The molecule has 1 heterocycles. The number of unbranched alkanes of at least 4 members (excludes halogenated alkanes) is 28. The molecule has 0 bridgehead atoms. The molecule has 1 aliphatic rings. The smallest absolute Gasteiger partial charge is 0.394 e. The predicted octanol–water partition coefficient (Wildman–Crippen LogP) is 9.95. The molecular weight excluding hydrogens is 787 g/mol. The average Bonchev–Trinajstić information content (AvgIpc) is 3.22. The van der Waals surface area contributed by atoms with Gasteiger partial charge in [0.1, 0.15) is 24.4 Å². The van der Waals surface area contributed by atoms with Crippen LogP contribution in [0.3, 0.4) is 0 Å². The van der Waals surface area contributed by atoms with Gasteiger partial charge in [0.2, 0.25) is 5.91 Å². The van der Waals surface area contributed by atoms with Crippen molar-refractivity contribution in [1.29, 1.82) is 0 Å². The van der Waals surface area contributed by atoms with Crippen molar-refractivity contribution in [2.24, 2.45) is 0 Å². The average molecular weight is 878 g/mol. The summed E-state index contributed by atoms with van der Waals surface area (Å²) in [6.07, 6.45) is 33.6. The van der Waals surface area contributed by atoms with E-state index in [1.165, 1.54) is 141 Å². The van der Waals surface area contributed by atoms with Crippen molar-refractivity contribution in [3.05, 3.63) is 12.2 Å². The van der Waals surface area contributed by atoms with Crippen LogP contribution in [-0.4, -0.2) is 95.4 Å². The zero-order valence-electron chi connectivity index (χ0n) is 38.0. The summed E-state index contributed by atoms with van der Waals surface area (Å²) in [5, 5.41) is 44.9. The summed E-state index contributed by atoms with van der Waals surface area (Å²) in [6.45, 7) is 3.44. The second kappa shape index (κ2) is 38.3. The first-order valence-corrected chi connectivity index (χ1v) is 25.9. The molecule has 0 spiro atoms. The van der Waals surface area contributed by atoms with E-state index < -0.39 is 59.9 Å². The van der Waals surface area contributed by atoms with Gasteiger partial charge in [-0.2, -0.15) is 8.42 Å². The molecule has 0 radical (unpaired) electrons. The van der Waals surface area contributed by atoms with E-state index >= 15 is 0 Å². The molecule has 12 nitrogen and oxygen atoms in total. The molecule has 6 N–H and O–H groups in total. The molecule has 0 aromatic rings. The number of hydrogen-bond acceptors (Lipinski definition) is 10. The SMILES string of the molecule is CCCCCCCC/C=C\CCCCCC(=O)NC(COC1OC(CO)C(O)C(OS(=O)(=O)O)C1O)C(O)CCCCCCCCCCCCCCCCCCCCCC. The third-order valence-electron chi connectivity index (χ3n) is 11.8. The van der Waals surface area contributed by atoms with Crippen LogP contribution in [0.25, 0.3) is 0 Å². The normalized spacial score (nSPS) is 20.8. The second-order valence-electron chi connectivity index (χ2n) is 17.4. The number of carbonyl (C=O) groups is 1. The van der Waals surface area contributed by atoms with Gasteiger partial charge >= 0.3 is 10.4 Å². The lowest BCUT2D eigenvalue weighted by atomic mass is 9.99. The number of rotatable bonds is 42. The fourth-order valence-electron chi connectivity index (χ4n) is 7.98. The fraction of sp³-hybridized carbons (Fsp3) is 0.936. The van der Waals surface area contributed by atoms with Gasteiger partial charge in [-0.15, -0.1) is 0 Å². The highest BCUT2D eigenvalue weighted by molar-refractivity contribution is 7.80. The van der Waals surface area contributed by atoms with Crippen LogP contribution in [0.5, 0.6) is 0 Å². The molecule has 7 unspecified atom stereocenters. The Labute approximate surface area is 366 Å². The fourth-order valence-corrected chi connectivity index (χ4v) is 8.49. The van der Waals surface area contributed by atoms with Crippen LogP contribution < -0.4 is 5.32 Å². The third-order valence-corrected chi connectivity index (χ3v) is 12.3. The van der Waals surface area contributed by atoms with E-state index in [0.29, 0.717) is 12.8 Å². The Hall–Kier alpha value is -1.16. The van der Waals surface area contributed by atoms with Gasteiger partial charge in [0.15, 0.2) is 6.29 Å². The number of aliphatic hydroxyl groups is 4. The summed E-state index contributed by atoms with van der Waals surface area (Å²) in [6, 6.07) is -0.862. The number of amides is 1.